The summed E-state index contributed by atoms with van der Waals surface area (Å²) in [5.74, 6) is 0. The van der Waals surface area contributed by atoms with Crippen LogP contribution in [0.3, 0.4) is 0 Å². The Bertz CT molecular complexity index is 2850. The van der Waals surface area contributed by atoms with Crippen molar-refractivity contribution in [3.63, 3.8) is 0 Å². The average molecular weight is 600 g/mol. The molecule has 47 heavy (non-hydrogen) atoms. The highest BCUT2D eigenvalue weighted by Gasteiger charge is 2.13. The van der Waals surface area contributed by atoms with Crippen LogP contribution < -0.4 is 0 Å². The van der Waals surface area contributed by atoms with Gasteiger partial charge in [-0.15, -0.1) is 0 Å². The van der Waals surface area contributed by atoms with Gasteiger partial charge in [0.05, 0.1) is 22.9 Å². The number of fused-ring (bicyclic) bond motifs is 8. The Hall–Kier alpha value is -6.39. The molecule has 218 valence electrons. The first-order valence-corrected chi connectivity index (χ1v) is 15.7. The molecule has 10 aromatic rings. The van der Waals surface area contributed by atoms with Gasteiger partial charge < -0.3 is 4.42 Å². The summed E-state index contributed by atoms with van der Waals surface area (Å²) in [7, 11) is 0. The third-order valence-corrected chi connectivity index (χ3v) is 9.33. The number of aromatic nitrogens is 3. The van der Waals surface area contributed by atoms with Gasteiger partial charge in [-0.25, -0.2) is 4.98 Å². The molecule has 0 aliphatic carbocycles. The Balaban J connectivity index is 1.04. The Labute approximate surface area is 269 Å². The molecular weight excluding hydrogens is 574 g/mol. The molecular formula is C43H25N3O. The molecule has 0 bridgehead atoms. The smallest absolute Gasteiger partial charge is 0.135 e. The largest absolute Gasteiger partial charge is 0.456 e. The maximum absolute atomic E-state index is 6.04. The molecule has 0 unspecified atom stereocenters. The van der Waals surface area contributed by atoms with Gasteiger partial charge in [0, 0.05) is 27.9 Å². The molecule has 0 N–H and O–H groups in total. The minimum absolute atomic E-state index is 0.803. The number of para-hydroxylation sites is 1. The maximum atomic E-state index is 6.04. The summed E-state index contributed by atoms with van der Waals surface area (Å²) in [6, 6.07) is 49.1. The first-order chi connectivity index (χ1) is 23.2. The van der Waals surface area contributed by atoms with Gasteiger partial charge in [-0.3, -0.25) is 9.97 Å². The Morgan fingerprint density at radius 2 is 1.15 bits per heavy atom. The highest BCUT2D eigenvalue weighted by Crippen LogP contribution is 2.36. The van der Waals surface area contributed by atoms with E-state index in [1.54, 1.807) is 0 Å². The van der Waals surface area contributed by atoms with Gasteiger partial charge in [-0.05, 0) is 98.4 Å². The molecule has 0 fully saturated rings. The van der Waals surface area contributed by atoms with E-state index in [1.807, 2.05) is 30.6 Å². The molecule has 3 heterocycles. The highest BCUT2D eigenvalue weighted by atomic mass is 16.3. The Morgan fingerprint density at radius 3 is 2.04 bits per heavy atom. The number of hydrogen-bond donors (Lipinski definition) is 0. The van der Waals surface area contributed by atoms with E-state index in [4.69, 9.17) is 19.4 Å². The second-order valence-electron chi connectivity index (χ2n) is 12.1. The minimum atomic E-state index is 0.803. The molecule has 10 rings (SSSR count). The van der Waals surface area contributed by atoms with Crippen molar-refractivity contribution in [2.45, 2.75) is 0 Å². The first-order valence-electron chi connectivity index (χ1n) is 15.7. The average Bonchev–Trinajstić information content (AvgIpc) is 3.51. The zero-order valence-electron chi connectivity index (χ0n) is 25.2. The third kappa shape index (κ3) is 4.19. The van der Waals surface area contributed by atoms with E-state index in [0.717, 1.165) is 77.4 Å². The maximum Gasteiger partial charge on any atom is 0.135 e. The lowest BCUT2D eigenvalue weighted by atomic mass is 9.97. The van der Waals surface area contributed by atoms with Crippen LogP contribution >= 0.6 is 0 Å². The summed E-state index contributed by atoms with van der Waals surface area (Å²) in [5, 5.41) is 8.18. The summed E-state index contributed by atoms with van der Waals surface area (Å²) in [6.07, 6.45) is 3.74. The molecule has 0 saturated heterocycles. The van der Waals surface area contributed by atoms with Crippen molar-refractivity contribution in [3.05, 3.63) is 152 Å². The summed E-state index contributed by atoms with van der Waals surface area (Å²) < 4.78 is 6.04. The Morgan fingerprint density at radius 1 is 0.426 bits per heavy atom. The van der Waals surface area contributed by atoms with Gasteiger partial charge in [0.15, 0.2) is 0 Å². The van der Waals surface area contributed by atoms with Crippen LogP contribution in [0.4, 0.5) is 0 Å². The third-order valence-electron chi connectivity index (χ3n) is 9.33. The summed E-state index contributed by atoms with van der Waals surface area (Å²) in [4.78, 5) is 14.8. The van der Waals surface area contributed by atoms with E-state index in [1.165, 1.54) is 21.5 Å². The van der Waals surface area contributed by atoms with Crippen LogP contribution in [0.25, 0.3) is 98.9 Å². The van der Waals surface area contributed by atoms with Crippen LogP contribution in [-0.2, 0) is 0 Å². The zero-order chi connectivity index (χ0) is 30.9. The lowest BCUT2D eigenvalue weighted by Gasteiger charge is -2.11. The zero-order valence-corrected chi connectivity index (χ0v) is 25.2. The van der Waals surface area contributed by atoms with E-state index in [2.05, 4.69) is 121 Å². The van der Waals surface area contributed by atoms with Crippen LogP contribution in [0.15, 0.2) is 156 Å². The van der Waals surface area contributed by atoms with E-state index < -0.39 is 0 Å². The second kappa shape index (κ2) is 10.1. The predicted molar refractivity (Wildman–Crippen MR) is 193 cm³/mol. The molecule has 0 atom stereocenters. The quantitative estimate of drug-likeness (QED) is 0.150. The van der Waals surface area contributed by atoms with Crippen molar-refractivity contribution in [2.24, 2.45) is 0 Å². The fraction of sp³-hybridized carbons (Fsp3) is 0. The van der Waals surface area contributed by atoms with Gasteiger partial charge in [-0.1, -0.05) is 84.9 Å². The lowest BCUT2D eigenvalue weighted by Crippen LogP contribution is -1.93. The summed E-state index contributed by atoms with van der Waals surface area (Å²) in [6.45, 7) is 0. The second-order valence-corrected chi connectivity index (χ2v) is 12.1. The molecule has 7 aromatic carbocycles. The highest BCUT2D eigenvalue weighted by molar-refractivity contribution is 6.08. The van der Waals surface area contributed by atoms with Gasteiger partial charge in [0.25, 0.3) is 0 Å². The molecule has 0 radical (unpaired) electrons. The van der Waals surface area contributed by atoms with Crippen LogP contribution in [-0.4, -0.2) is 15.0 Å². The fourth-order valence-electron chi connectivity index (χ4n) is 6.93. The molecule has 4 nitrogen and oxygen atoms in total. The van der Waals surface area contributed by atoms with E-state index in [0.29, 0.717) is 0 Å². The topological polar surface area (TPSA) is 51.8 Å². The SMILES string of the molecule is c1ccc2cc3cc(-c4cnc5ccc6c(-c7ccc(-c8ccc9oc%10ccccc%10c9c8)cc7)ccnc6c5n4)ccc3cc2c1. The van der Waals surface area contributed by atoms with Crippen molar-refractivity contribution in [1.82, 2.24) is 15.0 Å². The molecule has 0 saturated carbocycles. The number of furan rings is 1. The van der Waals surface area contributed by atoms with Gasteiger partial charge in [0.1, 0.15) is 16.7 Å². The van der Waals surface area contributed by atoms with Crippen molar-refractivity contribution < 1.29 is 4.42 Å². The molecule has 0 aliphatic heterocycles. The fourth-order valence-corrected chi connectivity index (χ4v) is 6.93. The molecule has 0 spiro atoms. The summed E-state index contributed by atoms with van der Waals surface area (Å²) >= 11 is 0. The number of nitrogens with zero attached hydrogens (tertiary/aromatic N) is 3. The van der Waals surface area contributed by atoms with E-state index >= 15 is 0 Å². The van der Waals surface area contributed by atoms with Crippen LogP contribution in [0.1, 0.15) is 0 Å². The van der Waals surface area contributed by atoms with Crippen molar-refractivity contribution in [3.8, 4) is 33.5 Å². The standard InChI is InChI=1S/C43H25N3O/c1-2-6-29-22-33-23-32(14-13-30(33)21-28(29)5-1)39-25-45-38-17-16-36-34(19-20-44-42(36)43(38)46-39)27-11-9-26(10-12-27)31-15-18-41-37(24-31)35-7-3-4-8-40(35)47-41/h1-25H. The number of benzene rings is 7. The predicted octanol–water partition coefficient (Wildman–Crippen LogP) is 11.4. The molecule has 4 heteroatoms. The monoisotopic (exact) mass is 599 g/mol. The number of pyridine rings is 1. The molecule has 3 aromatic heterocycles. The van der Waals surface area contributed by atoms with E-state index in [9.17, 15) is 0 Å². The molecule has 0 amide bonds. The van der Waals surface area contributed by atoms with Gasteiger partial charge in [0.2, 0.25) is 0 Å². The minimum Gasteiger partial charge on any atom is -0.456 e. The molecule has 0 aliphatic rings. The van der Waals surface area contributed by atoms with Gasteiger partial charge >= 0.3 is 0 Å². The van der Waals surface area contributed by atoms with E-state index in [-0.39, 0.29) is 0 Å². The number of rotatable bonds is 3. The van der Waals surface area contributed by atoms with Crippen LogP contribution in [0.5, 0.6) is 0 Å². The Kier molecular flexibility index (Phi) is 5.54. The summed E-state index contributed by atoms with van der Waals surface area (Å²) in [5.41, 5.74) is 10.7. The van der Waals surface area contributed by atoms with Crippen molar-refractivity contribution in [2.75, 3.05) is 0 Å². The lowest BCUT2D eigenvalue weighted by molar-refractivity contribution is 0.669. The number of hydrogen-bond acceptors (Lipinski definition) is 4. The van der Waals surface area contributed by atoms with Crippen LogP contribution in [0.2, 0.25) is 0 Å². The first kappa shape index (κ1) is 25.9. The van der Waals surface area contributed by atoms with Gasteiger partial charge in [-0.2, -0.15) is 0 Å². The van der Waals surface area contributed by atoms with Crippen molar-refractivity contribution in [1.29, 1.82) is 0 Å². The van der Waals surface area contributed by atoms with Crippen molar-refractivity contribution >= 4 is 65.4 Å². The normalized spacial score (nSPS) is 11.8. The van der Waals surface area contributed by atoms with Crippen LogP contribution in [0, 0.1) is 0 Å².